The molecule has 0 saturated carbocycles. The van der Waals surface area contributed by atoms with Crippen LogP contribution >= 0.6 is 11.3 Å². The van der Waals surface area contributed by atoms with Crippen LogP contribution in [0.15, 0.2) is 156 Å². The standard InChI is InChI=1S/C42H25NOS/c1-2-9-29(10-3-1)43(35-13-8-16-38-41(35)34-12-5-7-15-37(34)45-38)30-22-24-31-28(25-30)20-19-26-17-18-27-21-23-33-32-11-4-6-14-36(32)44-42(33)40(27)39(26)31/h1-25H. The molecule has 0 aliphatic rings. The maximum Gasteiger partial charge on any atom is 0.143 e. The summed E-state index contributed by atoms with van der Waals surface area (Å²) in [6.07, 6.45) is 0. The van der Waals surface area contributed by atoms with Crippen LogP contribution in [0.25, 0.3) is 74.4 Å². The lowest BCUT2D eigenvalue weighted by atomic mass is 9.94. The highest BCUT2D eigenvalue weighted by molar-refractivity contribution is 7.26. The first-order valence-electron chi connectivity index (χ1n) is 15.3. The second-order valence-electron chi connectivity index (χ2n) is 11.7. The van der Waals surface area contributed by atoms with E-state index in [2.05, 4.69) is 150 Å². The summed E-state index contributed by atoms with van der Waals surface area (Å²) in [5.74, 6) is 0. The van der Waals surface area contributed by atoms with Gasteiger partial charge in [0, 0.05) is 53.1 Å². The third-order valence-electron chi connectivity index (χ3n) is 9.20. The molecular weight excluding hydrogens is 567 g/mol. The molecule has 0 atom stereocenters. The quantitative estimate of drug-likeness (QED) is 0.190. The highest BCUT2D eigenvalue weighted by Gasteiger charge is 2.20. The molecule has 2 nitrogen and oxygen atoms in total. The van der Waals surface area contributed by atoms with Gasteiger partial charge in [0.25, 0.3) is 0 Å². The molecule has 10 rings (SSSR count). The second-order valence-corrected chi connectivity index (χ2v) is 12.8. The molecule has 0 aliphatic heterocycles. The molecule has 2 heterocycles. The van der Waals surface area contributed by atoms with Crippen LogP contribution in [0, 0.1) is 0 Å². The topological polar surface area (TPSA) is 16.4 Å². The van der Waals surface area contributed by atoms with Gasteiger partial charge in [-0.25, -0.2) is 0 Å². The summed E-state index contributed by atoms with van der Waals surface area (Å²) in [5.41, 5.74) is 5.33. The number of anilines is 3. The van der Waals surface area contributed by atoms with E-state index in [9.17, 15) is 0 Å². The maximum atomic E-state index is 6.56. The molecule has 45 heavy (non-hydrogen) atoms. The molecule has 10 aromatic rings. The van der Waals surface area contributed by atoms with Crippen molar-refractivity contribution in [3.63, 3.8) is 0 Å². The smallest absolute Gasteiger partial charge is 0.143 e. The molecule has 0 aliphatic carbocycles. The lowest BCUT2D eigenvalue weighted by Gasteiger charge is -2.27. The number of hydrogen-bond donors (Lipinski definition) is 0. The zero-order valence-corrected chi connectivity index (χ0v) is 25.0. The van der Waals surface area contributed by atoms with Gasteiger partial charge in [0.15, 0.2) is 0 Å². The van der Waals surface area contributed by atoms with Crippen LogP contribution < -0.4 is 4.90 Å². The lowest BCUT2D eigenvalue weighted by molar-refractivity contribution is 0.673. The molecule has 0 saturated heterocycles. The van der Waals surface area contributed by atoms with Crippen molar-refractivity contribution in [1.82, 2.24) is 0 Å². The molecule has 0 radical (unpaired) electrons. The number of rotatable bonds is 3. The fourth-order valence-electron chi connectivity index (χ4n) is 7.22. The van der Waals surface area contributed by atoms with E-state index in [0.717, 1.165) is 33.3 Å². The summed E-state index contributed by atoms with van der Waals surface area (Å²) in [6, 6.07) is 54.8. The molecule has 0 fully saturated rings. The van der Waals surface area contributed by atoms with Gasteiger partial charge in [-0.2, -0.15) is 0 Å². The minimum absolute atomic E-state index is 0.924. The van der Waals surface area contributed by atoms with E-state index in [1.807, 2.05) is 17.4 Å². The first-order chi connectivity index (χ1) is 22.3. The van der Waals surface area contributed by atoms with E-state index in [1.165, 1.54) is 58.2 Å². The number of fused-ring (bicyclic) bond motifs is 12. The van der Waals surface area contributed by atoms with Crippen LogP contribution in [0.3, 0.4) is 0 Å². The van der Waals surface area contributed by atoms with E-state index >= 15 is 0 Å². The van der Waals surface area contributed by atoms with Gasteiger partial charge in [-0.05, 0) is 76.1 Å². The van der Waals surface area contributed by atoms with Gasteiger partial charge in [-0.1, -0.05) is 97.1 Å². The van der Waals surface area contributed by atoms with Gasteiger partial charge in [0.05, 0.1) is 5.69 Å². The minimum atomic E-state index is 0.924. The third kappa shape index (κ3) is 3.62. The Bertz CT molecular complexity index is 2770. The molecule has 0 spiro atoms. The van der Waals surface area contributed by atoms with Crippen LogP contribution in [0.2, 0.25) is 0 Å². The summed E-state index contributed by atoms with van der Waals surface area (Å²) in [6.45, 7) is 0. The molecular formula is C42H25NOS. The van der Waals surface area contributed by atoms with Crippen LogP contribution in [0.4, 0.5) is 17.1 Å². The minimum Gasteiger partial charge on any atom is -0.455 e. The number of thiophene rings is 1. The Labute approximate surface area is 263 Å². The Morgan fingerprint density at radius 3 is 2.00 bits per heavy atom. The molecule has 0 amide bonds. The van der Waals surface area contributed by atoms with Gasteiger partial charge >= 0.3 is 0 Å². The van der Waals surface area contributed by atoms with E-state index < -0.39 is 0 Å². The van der Waals surface area contributed by atoms with Crippen molar-refractivity contribution in [2.24, 2.45) is 0 Å². The first kappa shape index (κ1) is 24.8. The fraction of sp³-hybridized carbons (Fsp3) is 0. The Kier molecular flexibility index (Phi) is 5.19. The number of para-hydroxylation sites is 2. The average Bonchev–Trinajstić information content (AvgIpc) is 3.67. The molecule has 3 heteroatoms. The second kappa shape index (κ2) is 9.43. The van der Waals surface area contributed by atoms with Crippen LogP contribution in [-0.2, 0) is 0 Å². The first-order valence-corrected chi connectivity index (χ1v) is 16.1. The predicted molar refractivity (Wildman–Crippen MR) is 194 cm³/mol. The van der Waals surface area contributed by atoms with Crippen molar-refractivity contribution in [3.8, 4) is 0 Å². The van der Waals surface area contributed by atoms with Crippen molar-refractivity contribution in [2.45, 2.75) is 0 Å². The van der Waals surface area contributed by atoms with Gasteiger partial charge in [0.1, 0.15) is 11.2 Å². The van der Waals surface area contributed by atoms with Gasteiger partial charge in [-0.15, -0.1) is 11.3 Å². The monoisotopic (exact) mass is 591 g/mol. The van der Waals surface area contributed by atoms with Crippen molar-refractivity contribution < 1.29 is 4.42 Å². The molecule has 8 aromatic carbocycles. The molecule has 210 valence electrons. The third-order valence-corrected chi connectivity index (χ3v) is 10.3. The Hall–Kier alpha value is -5.64. The highest BCUT2D eigenvalue weighted by Crippen LogP contribution is 2.46. The van der Waals surface area contributed by atoms with Crippen molar-refractivity contribution in [3.05, 3.63) is 152 Å². The fourth-order valence-corrected chi connectivity index (χ4v) is 8.34. The lowest BCUT2D eigenvalue weighted by Crippen LogP contribution is -2.10. The van der Waals surface area contributed by atoms with Crippen LogP contribution in [0.1, 0.15) is 0 Å². The molecule has 0 unspecified atom stereocenters. The SMILES string of the molecule is c1ccc(N(c2ccc3c(ccc4ccc5ccc6c7ccccc7oc6c5c43)c2)c2cccc3sc4ccccc4c23)cc1. The summed E-state index contributed by atoms with van der Waals surface area (Å²) in [7, 11) is 0. The summed E-state index contributed by atoms with van der Waals surface area (Å²) >= 11 is 1.86. The van der Waals surface area contributed by atoms with E-state index in [0.29, 0.717) is 0 Å². The molecule has 0 N–H and O–H groups in total. The van der Waals surface area contributed by atoms with Crippen molar-refractivity contribution in [1.29, 1.82) is 0 Å². The average molecular weight is 592 g/mol. The van der Waals surface area contributed by atoms with Crippen LogP contribution in [-0.4, -0.2) is 0 Å². The van der Waals surface area contributed by atoms with E-state index in [-0.39, 0.29) is 0 Å². The zero-order valence-electron chi connectivity index (χ0n) is 24.2. The Morgan fingerprint density at radius 1 is 0.422 bits per heavy atom. The van der Waals surface area contributed by atoms with Crippen molar-refractivity contribution in [2.75, 3.05) is 4.90 Å². The van der Waals surface area contributed by atoms with Crippen LogP contribution in [0.5, 0.6) is 0 Å². The zero-order chi connectivity index (χ0) is 29.5. The number of benzene rings is 8. The number of nitrogens with zero attached hydrogens (tertiary/aromatic N) is 1. The summed E-state index contributed by atoms with van der Waals surface area (Å²) in [4.78, 5) is 2.41. The van der Waals surface area contributed by atoms with Gasteiger partial charge in [-0.3, -0.25) is 0 Å². The largest absolute Gasteiger partial charge is 0.455 e. The van der Waals surface area contributed by atoms with Crippen molar-refractivity contribution >= 4 is 103 Å². The highest BCUT2D eigenvalue weighted by atomic mass is 32.1. The number of hydrogen-bond acceptors (Lipinski definition) is 3. The molecule has 2 aromatic heterocycles. The van der Waals surface area contributed by atoms with Gasteiger partial charge < -0.3 is 9.32 Å². The Balaban J connectivity index is 1.26. The number of furan rings is 1. The summed E-state index contributed by atoms with van der Waals surface area (Å²) in [5, 5.41) is 12.1. The normalized spacial score (nSPS) is 12.0. The molecule has 0 bridgehead atoms. The van der Waals surface area contributed by atoms with E-state index in [4.69, 9.17) is 4.42 Å². The predicted octanol–water partition coefficient (Wildman–Crippen LogP) is 12.9. The van der Waals surface area contributed by atoms with Gasteiger partial charge in [0.2, 0.25) is 0 Å². The summed E-state index contributed by atoms with van der Waals surface area (Å²) < 4.78 is 9.16. The Morgan fingerprint density at radius 2 is 1.11 bits per heavy atom. The van der Waals surface area contributed by atoms with E-state index in [1.54, 1.807) is 0 Å². The maximum absolute atomic E-state index is 6.56.